The number of ether oxygens (including phenoxy) is 1. The monoisotopic (exact) mass is 332 g/mol. The summed E-state index contributed by atoms with van der Waals surface area (Å²) in [6.07, 6.45) is -1.13. The minimum Gasteiger partial charge on any atom is -0.450 e. The summed E-state index contributed by atoms with van der Waals surface area (Å²) in [6, 6.07) is 12.3. The van der Waals surface area contributed by atoms with Gasteiger partial charge in [0.15, 0.2) is 5.05 Å². The van der Waals surface area contributed by atoms with Crippen molar-refractivity contribution in [2.45, 2.75) is 20.1 Å². The Kier molecular flexibility index (Phi) is 5.34. The lowest BCUT2D eigenvalue weighted by Crippen LogP contribution is -2.12. The molecule has 114 valence electrons. The van der Waals surface area contributed by atoms with E-state index in [-0.39, 0.29) is 10.2 Å². The Balaban J connectivity index is 2.16. The minimum atomic E-state index is -1.13. The molecule has 2 aromatic carbocycles. The lowest BCUT2D eigenvalue weighted by molar-refractivity contribution is -0.0276. The van der Waals surface area contributed by atoms with E-state index in [0.29, 0.717) is 16.7 Å². The molecule has 0 amide bonds. The summed E-state index contributed by atoms with van der Waals surface area (Å²) in [4.78, 5) is 11.1. The third-order valence-electron chi connectivity index (χ3n) is 3.38. The van der Waals surface area contributed by atoms with Crippen LogP contribution in [0.4, 0.5) is 0 Å². The molecule has 0 aliphatic carbocycles. The van der Waals surface area contributed by atoms with Gasteiger partial charge in [0.05, 0.1) is 0 Å². The minimum absolute atomic E-state index is 0.174. The number of carbonyl (C=O) groups excluding carboxylic acids is 1. The van der Waals surface area contributed by atoms with E-state index in [1.165, 1.54) is 0 Å². The molecule has 0 bridgehead atoms. The lowest BCUT2D eigenvalue weighted by Gasteiger charge is -2.18. The van der Waals surface area contributed by atoms with Gasteiger partial charge in [-0.15, -0.1) is 12.6 Å². The van der Waals surface area contributed by atoms with Crippen molar-refractivity contribution in [2.75, 3.05) is 0 Å². The van der Waals surface area contributed by atoms with Crippen LogP contribution in [0.2, 0.25) is 0 Å². The molecular weight excluding hydrogens is 316 g/mol. The summed E-state index contributed by atoms with van der Waals surface area (Å²) in [7, 11) is 0. The van der Waals surface area contributed by atoms with E-state index in [1.807, 2.05) is 32.0 Å². The fraction of sp³-hybridized carbons (Fsp3) is 0.176. The van der Waals surface area contributed by atoms with E-state index >= 15 is 0 Å². The highest BCUT2D eigenvalue weighted by molar-refractivity contribution is 7.97. The van der Waals surface area contributed by atoms with Gasteiger partial charge >= 0.3 is 0 Å². The highest BCUT2D eigenvalue weighted by Crippen LogP contribution is 2.24. The second kappa shape index (κ2) is 7.05. The van der Waals surface area contributed by atoms with Crippen molar-refractivity contribution in [3.8, 4) is 0 Å². The molecule has 0 aromatic heterocycles. The summed E-state index contributed by atoms with van der Waals surface area (Å²) in [6.45, 7) is 3.82. The van der Waals surface area contributed by atoms with Crippen LogP contribution in [0.15, 0.2) is 42.5 Å². The van der Waals surface area contributed by atoms with Crippen LogP contribution in [0.25, 0.3) is 0 Å². The molecule has 2 rings (SSSR count). The second-order valence-corrected chi connectivity index (χ2v) is 5.72. The summed E-state index contributed by atoms with van der Waals surface area (Å²) in [5, 5.41) is 10.1. The molecule has 0 radical (unpaired) electrons. The number of hydrogen-bond acceptors (Lipinski definition) is 4. The number of rotatable bonds is 4. The lowest BCUT2D eigenvalue weighted by atomic mass is 10.0. The maximum atomic E-state index is 11.1. The zero-order valence-electron chi connectivity index (χ0n) is 12.2. The van der Waals surface area contributed by atoms with Crippen LogP contribution >= 0.6 is 24.8 Å². The molecule has 0 heterocycles. The van der Waals surface area contributed by atoms with Crippen LogP contribution in [0.5, 0.6) is 0 Å². The molecule has 3 nitrogen and oxygen atoms in total. The largest absolute Gasteiger partial charge is 0.450 e. The van der Waals surface area contributed by atoms with Crippen molar-refractivity contribution in [2.24, 2.45) is 0 Å². The van der Waals surface area contributed by atoms with Crippen molar-refractivity contribution >= 4 is 35.0 Å². The summed E-state index contributed by atoms with van der Waals surface area (Å²) in [5.41, 5.74) is 3.69. The number of benzene rings is 2. The third kappa shape index (κ3) is 3.74. The first-order chi connectivity index (χ1) is 10.4. The van der Waals surface area contributed by atoms with Gasteiger partial charge in [-0.1, -0.05) is 18.2 Å². The first-order valence-electron chi connectivity index (χ1n) is 6.68. The molecule has 1 N–H and O–H groups in total. The Bertz CT molecular complexity index is 688. The van der Waals surface area contributed by atoms with E-state index in [1.54, 1.807) is 24.3 Å². The highest BCUT2D eigenvalue weighted by atomic mass is 32.1. The Morgan fingerprint density at radius 3 is 2.09 bits per heavy atom. The number of thiol groups is 1. The maximum absolute atomic E-state index is 11.1. The van der Waals surface area contributed by atoms with Crippen molar-refractivity contribution in [3.63, 3.8) is 0 Å². The number of carbonyl (C=O) groups is 1. The van der Waals surface area contributed by atoms with Crippen LogP contribution in [0, 0.1) is 13.8 Å². The summed E-state index contributed by atoms with van der Waals surface area (Å²) >= 11 is 8.96. The Morgan fingerprint density at radius 1 is 1.09 bits per heavy atom. The molecule has 1 unspecified atom stereocenters. The van der Waals surface area contributed by atoms with Crippen molar-refractivity contribution < 1.29 is 14.6 Å². The topological polar surface area (TPSA) is 46.5 Å². The molecule has 0 aliphatic heterocycles. The van der Waals surface area contributed by atoms with Gasteiger partial charge in [-0.2, -0.15) is 0 Å². The molecule has 0 aliphatic rings. The van der Waals surface area contributed by atoms with Gasteiger partial charge in [-0.25, -0.2) is 0 Å². The van der Waals surface area contributed by atoms with E-state index in [9.17, 15) is 9.90 Å². The van der Waals surface area contributed by atoms with E-state index in [0.717, 1.165) is 11.1 Å². The van der Waals surface area contributed by atoms with Gasteiger partial charge in [0, 0.05) is 16.7 Å². The molecule has 0 saturated carbocycles. The van der Waals surface area contributed by atoms with Crippen molar-refractivity contribution in [1.82, 2.24) is 0 Å². The molecule has 22 heavy (non-hydrogen) atoms. The van der Waals surface area contributed by atoms with Crippen LogP contribution in [-0.2, 0) is 4.74 Å². The summed E-state index contributed by atoms with van der Waals surface area (Å²) in [5.74, 6) is 0. The number of thiocarbonyl (C=S) groups is 1. The molecule has 0 spiro atoms. The Hall–Kier alpha value is -1.69. The fourth-order valence-electron chi connectivity index (χ4n) is 2.19. The Morgan fingerprint density at radius 2 is 1.59 bits per heavy atom. The average Bonchev–Trinajstić information content (AvgIpc) is 2.47. The molecule has 0 saturated heterocycles. The maximum Gasteiger partial charge on any atom is 0.225 e. The molecular formula is C17H16O3S2. The van der Waals surface area contributed by atoms with Crippen LogP contribution < -0.4 is 0 Å². The van der Waals surface area contributed by atoms with Crippen LogP contribution in [0.3, 0.4) is 0 Å². The highest BCUT2D eigenvalue weighted by Gasteiger charge is 2.16. The van der Waals surface area contributed by atoms with Crippen LogP contribution in [0.1, 0.15) is 38.9 Å². The standard InChI is InChI=1S/C17H16O3S2/c1-10-4-3-5-11(2)14(10)15(18)20-17(22)13-8-6-12(7-9-13)16(19)21/h3-9,15,18H,1-2H3,(H,19,21). The van der Waals surface area contributed by atoms with Crippen molar-refractivity contribution in [3.05, 3.63) is 70.3 Å². The van der Waals surface area contributed by atoms with Gasteiger partial charge in [0.1, 0.15) is 0 Å². The van der Waals surface area contributed by atoms with Crippen molar-refractivity contribution in [1.29, 1.82) is 0 Å². The predicted molar refractivity (Wildman–Crippen MR) is 93.4 cm³/mol. The smallest absolute Gasteiger partial charge is 0.225 e. The fourth-order valence-corrected chi connectivity index (χ4v) is 2.57. The predicted octanol–water partition coefficient (Wildman–Crippen LogP) is 3.76. The van der Waals surface area contributed by atoms with E-state index in [2.05, 4.69) is 12.6 Å². The first kappa shape index (κ1) is 16.7. The Labute approximate surface area is 140 Å². The van der Waals surface area contributed by atoms with Gasteiger partial charge in [0.25, 0.3) is 0 Å². The van der Waals surface area contributed by atoms with E-state index < -0.39 is 6.29 Å². The number of aliphatic hydroxyl groups excluding tert-OH is 1. The average molecular weight is 332 g/mol. The summed E-state index contributed by atoms with van der Waals surface area (Å²) < 4.78 is 5.47. The number of hydrogen-bond donors (Lipinski definition) is 2. The van der Waals surface area contributed by atoms with Gasteiger partial charge in [-0.3, -0.25) is 4.79 Å². The molecule has 1 atom stereocenters. The van der Waals surface area contributed by atoms with Gasteiger partial charge in [-0.05, 0) is 61.5 Å². The van der Waals surface area contributed by atoms with Gasteiger partial charge < -0.3 is 9.84 Å². The number of aliphatic hydroxyl groups is 1. The molecule has 5 heteroatoms. The number of aryl methyl sites for hydroxylation is 2. The zero-order valence-corrected chi connectivity index (χ0v) is 13.9. The third-order valence-corrected chi connectivity index (χ3v) is 3.97. The van der Waals surface area contributed by atoms with Gasteiger partial charge in [0.2, 0.25) is 11.4 Å². The second-order valence-electron chi connectivity index (χ2n) is 4.95. The normalized spacial score (nSPS) is 11.8. The van der Waals surface area contributed by atoms with E-state index in [4.69, 9.17) is 17.0 Å². The molecule has 0 fully saturated rings. The molecule has 2 aromatic rings. The first-order valence-corrected chi connectivity index (χ1v) is 7.54. The van der Waals surface area contributed by atoms with Crippen LogP contribution in [-0.4, -0.2) is 15.3 Å². The SMILES string of the molecule is Cc1cccc(C)c1C(O)OC(=S)c1ccc(C(=O)S)cc1. The quantitative estimate of drug-likeness (QED) is 0.508. The zero-order chi connectivity index (χ0) is 16.3.